The molecule has 18 heavy (non-hydrogen) atoms. The Morgan fingerprint density at radius 1 is 1.44 bits per heavy atom. The first-order valence-electron chi connectivity index (χ1n) is 5.62. The van der Waals surface area contributed by atoms with Gasteiger partial charge in [0.1, 0.15) is 16.5 Å². The van der Waals surface area contributed by atoms with E-state index in [-0.39, 0.29) is 11.7 Å². The van der Waals surface area contributed by atoms with E-state index in [4.69, 9.17) is 4.74 Å². The summed E-state index contributed by atoms with van der Waals surface area (Å²) in [7, 11) is 0. The van der Waals surface area contributed by atoms with Crippen LogP contribution in [0.15, 0.2) is 28.9 Å². The van der Waals surface area contributed by atoms with E-state index >= 15 is 0 Å². The molecule has 1 N–H and O–H groups in total. The van der Waals surface area contributed by atoms with Gasteiger partial charge in [0.2, 0.25) is 0 Å². The molecule has 96 valence electrons. The van der Waals surface area contributed by atoms with Crippen molar-refractivity contribution in [3.8, 4) is 0 Å². The Morgan fingerprint density at radius 3 is 2.89 bits per heavy atom. The number of aryl methyl sites for hydroxylation is 1. The third-order valence-corrected chi connectivity index (χ3v) is 3.72. The van der Waals surface area contributed by atoms with Crippen LogP contribution in [0.25, 0.3) is 0 Å². The number of amides is 1. The van der Waals surface area contributed by atoms with Crippen molar-refractivity contribution in [3.05, 3.63) is 40.2 Å². The summed E-state index contributed by atoms with van der Waals surface area (Å²) < 4.78 is 18.4. The highest BCUT2D eigenvalue weighted by Crippen LogP contribution is 2.26. The minimum Gasteiger partial charge on any atom is -0.496 e. The summed E-state index contributed by atoms with van der Waals surface area (Å²) in [5.74, 6) is 0.923. The largest absolute Gasteiger partial charge is 0.496 e. The average Bonchev–Trinajstić information content (AvgIpc) is 2.34. The van der Waals surface area contributed by atoms with Crippen LogP contribution in [-0.2, 0) is 9.53 Å². The molecule has 1 amide bonds. The molecular weight excluding hydrogens is 253 g/mol. The molecule has 3 nitrogen and oxygen atoms in total. The molecule has 0 saturated heterocycles. The molecule has 0 fully saturated rings. The zero-order chi connectivity index (χ0) is 13.1. The summed E-state index contributed by atoms with van der Waals surface area (Å²) in [5.41, 5.74) is 1.09. The Labute approximate surface area is 109 Å². The first-order chi connectivity index (χ1) is 8.58. The van der Waals surface area contributed by atoms with E-state index in [1.165, 1.54) is 17.8 Å². The molecule has 5 heteroatoms. The SMILES string of the molecule is CC1=C(C(=O)Nc2ccc(F)c(C)c2)SCCO1. The van der Waals surface area contributed by atoms with E-state index in [1.807, 2.05) is 0 Å². The topological polar surface area (TPSA) is 38.3 Å². The number of halogens is 1. The molecule has 0 atom stereocenters. The van der Waals surface area contributed by atoms with Crippen molar-refractivity contribution in [2.75, 3.05) is 17.7 Å². The Morgan fingerprint density at radius 2 is 2.22 bits per heavy atom. The zero-order valence-corrected chi connectivity index (χ0v) is 11.1. The van der Waals surface area contributed by atoms with Gasteiger partial charge in [0, 0.05) is 11.4 Å². The van der Waals surface area contributed by atoms with Crippen LogP contribution in [0.4, 0.5) is 10.1 Å². The number of anilines is 1. The Hall–Kier alpha value is -1.49. The van der Waals surface area contributed by atoms with E-state index in [0.29, 0.717) is 28.5 Å². The summed E-state index contributed by atoms with van der Waals surface area (Å²) in [6, 6.07) is 4.50. The number of carbonyl (C=O) groups excluding carboxylic acids is 1. The van der Waals surface area contributed by atoms with Gasteiger partial charge in [-0.15, -0.1) is 11.8 Å². The quantitative estimate of drug-likeness (QED) is 0.895. The van der Waals surface area contributed by atoms with Crippen molar-refractivity contribution in [2.45, 2.75) is 13.8 Å². The Kier molecular flexibility index (Phi) is 3.91. The molecule has 0 radical (unpaired) electrons. The van der Waals surface area contributed by atoms with Crippen molar-refractivity contribution in [2.24, 2.45) is 0 Å². The molecular formula is C13H14FNO2S. The lowest BCUT2D eigenvalue weighted by Crippen LogP contribution is -2.18. The highest BCUT2D eigenvalue weighted by molar-refractivity contribution is 8.04. The molecule has 0 bridgehead atoms. The molecule has 1 aromatic rings. The lowest BCUT2D eigenvalue weighted by molar-refractivity contribution is -0.112. The van der Waals surface area contributed by atoms with Crippen molar-refractivity contribution in [1.29, 1.82) is 0 Å². The molecule has 1 heterocycles. The maximum Gasteiger partial charge on any atom is 0.265 e. The van der Waals surface area contributed by atoms with Crippen LogP contribution in [0.3, 0.4) is 0 Å². The van der Waals surface area contributed by atoms with E-state index in [9.17, 15) is 9.18 Å². The number of hydrogen-bond acceptors (Lipinski definition) is 3. The van der Waals surface area contributed by atoms with Crippen LogP contribution in [0.5, 0.6) is 0 Å². The minimum atomic E-state index is -0.279. The highest BCUT2D eigenvalue weighted by Gasteiger charge is 2.18. The van der Waals surface area contributed by atoms with Gasteiger partial charge in [0.25, 0.3) is 5.91 Å². The molecule has 0 unspecified atom stereocenters. The van der Waals surface area contributed by atoms with Gasteiger partial charge < -0.3 is 10.1 Å². The fraction of sp³-hybridized carbons (Fsp3) is 0.308. The van der Waals surface area contributed by atoms with Gasteiger partial charge in [-0.1, -0.05) is 0 Å². The molecule has 2 rings (SSSR count). The molecule has 1 aliphatic heterocycles. The second-order valence-corrected chi connectivity index (χ2v) is 5.11. The van der Waals surface area contributed by atoms with Crippen LogP contribution in [0.1, 0.15) is 12.5 Å². The van der Waals surface area contributed by atoms with Crippen molar-refractivity contribution < 1.29 is 13.9 Å². The van der Waals surface area contributed by atoms with Crippen LogP contribution in [0, 0.1) is 12.7 Å². The number of nitrogens with one attached hydrogen (secondary N) is 1. The Balaban J connectivity index is 2.13. The smallest absolute Gasteiger partial charge is 0.265 e. The number of rotatable bonds is 2. The number of benzene rings is 1. The summed E-state index contributed by atoms with van der Waals surface area (Å²) in [6.07, 6.45) is 0. The first kappa shape index (κ1) is 13.0. The fourth-order valence-electron chi connectivity index (χ4n) is 1.64. The summed E-state index contributed by atoms with van der Waals surface area (Å²) in [6.45, 7) is 4.06. The van der Waals surface area contributed by atoms with Crippen LogP contribution >= 0.6 is 11.8 Å². The summed E-state index contributed by atoms with van der Waals surface area (Å²) in [5, 5.41) is 2.75. The van der Waals surface area contributed by atoms with Crippen molar-refractivity contribution in [1.82, 2.24) is 0 Å². The predicted molar refractivity (Wildman–Crippen MR) is 70.9 cm³/mol. The minimum absolute atomic E-state index is 0.205. The van der Waals surface area contributed by atoms with Gasteiger partial charge in [-0.05, 0) is 37.6 Å². The van der Waals surface area contributed by atoms with Crippen molar-refractivity contribution >= 4 is 23.4 Å². The van der Waals surface area contributed by atoms with E-state index in [2.05, 4.69) is 5.32 Å². The normalized spacial score (nSPS) is 15.3. The molecule has 1 aromatic carbocycles. The van der Waals surface area contributed by atoms with E-state index < -0.39 is 0 Å². The first-order valence-corrected chi connectivity index (χ1v) is 6.60. The number of allylic oxidation sites excluding steroid dienone is 1. The fourth-order valence-corrected chi connectivity index (χ4v) is 2.46. The van der Waals surface area contributed by atoms with Crippen molar-refractivity contribution in [3.63, 3.8) is 0 Å². The lowest BCUT2D eigenvalue weighted by atomic mass is 10.2. The number of carbonyl (C=O) groups is 1. The van der Waals surface area contributed by atoms with Gasteiger partial charge in [0.15, 0.2) is 0 Å². The van der Waals surface area contributed by atoms with Gasteiger partial charge in [0.05, 0.1) is 6.61 Å². The maximum absolute atomic E-state index is 13.1. The standard InChI is InChI=1S/C13H14FNO2S/c1-8-7-10(3-4-11(8)14)15-13(16)12-9(2)17-5-6-18-12/h3-4,7H,5-6H2,1-2H3,(H,15,16). The third kappa shape index (κ3) is 2.85. The molecule has 0 spiro atoms. The summed E-state index contributed by atoms with van der Waals surface area (Å²) in [4.78, 5) is 12.6. The lowest BCUT2D eigenvalue weighted by Gasteiger charge is -2.17. The number of ether oxygens (including phenoxy) is 1. The van der Waals surface area contributed by atoms with E-state index in [1.54, 1.807) is 26.0 Å². The number of hydrogen-bond donors (Lipinski definition) is 1. The maximum atomic E-state index is 13.1. The zero-order valence-electron chi connectivity index (χ0n) is 10.2. The number of thioether (sulfide) groups is 1. The third-order valence-electron chi connectivity index (χ3n) is 2.59. The summed E-state index contributed by atoms with van der Waals surface area (Å²) >= 11 is 1.47. The van der Waals surface area contributed by atoms with Gasteiger partial charge in [-0.25, -0.2) is 4.39 Å². The second kappa shape index (κ2) is 5.44. The highest BCUT2D eigenvalue weighted by atomic mass is 32.2. The van der Waals surface area contributed by atoms with Gasteiger partial charge in [-0.2, -0.15) is 0 Å². The Bertz CT molecular complexity index is 514. The van der Waals surface area contributed by atoms with Gasteiger partial charge >= 0.3 is 0 Å². The molecule has 0 saturated carbocycles. The average molecular weight is 267 g/mol. The van der Waals surface area contributed by atoms with Crippen LogP contribution in [-0.4, -0.2) is 18.3 Å². The second-order valence-electron chi connectivity index (χ2n) is 4.00. The molecule has 0 aliphatic carbocycles. The van der Waals surface area contributed by atoms with Crippen LogP contribution in [0.2, 0.25) is 0 Å². The van der Waals surface area contributed by atoms with Gasteiger partial charge in [-0.3, -0.25) is 4.79 Å². The van der Waals surface area contributed by atoms with Crippen LogP contribution < -0.4 is 5.32 Å². The molecule has 0 aromatic heterocycles. The molecule has 1 aliphatic rings. The van der Waals surface area contributed by atoms with E-state index in [0.717, 1.165) is 5.75 Å². The monoisotopic (exact) mass is 267 g/mol. The predicted octanol–water partition coefficient (Wildman–Crippen LogP) is 3.07.